The number of thiophene rings is 1. The largest absolute Gasteiger partial charge is 0.462 e. The van der Waals surface area contributed by atoms with E-state index in [9.17, 15) is 27.6 Å². The molecule has 0 aliphatic heterocycles. The number of carbonyl (C=O) groups excluding carboxylic acids is 3. The van der Waals surface area contributed by atoms with Crippen molar-refractivity contribution >= 4 is 50.4 Å². The van der Waals surface area contributed by atoms with Crippen molar-refractivity contribution in [3.05, 3.63) is 82.0 Å². The average Bonchev–Trinajstić information content (AvgIpc) is 3.48. The van der Waals surface area contributed by atoms with Crippen LogP contribution < -0.4 is 5.32 Å². The van der Waals surface area contributed by atoms with E-state index in [1.807, 2.05) is 18.2 Å². The number of nitrogens with one attached hydrogen (secondary N) is 1. The molecule has 40 heavy (non-hydrogen) atoms. The number of esters is 1. The molecule has 1 N–H and O–H groups in total. The van der Waals surface area contributed by atoms with Crippen LogP contribution in [0.3, 0.4) is 0 Å². The van der Waals surface area contributed by atoms with Crippen LogP contribution in [0.15, 0.2) is 54.7 Å². The molecule has 12 heteroatoms. The molecule has 3 aromatic heterocycles. The van der Waals surface area contributed by atoms with E-state index in [4.69, 9.17) is 4.74 Å². The van der Waals surface area contributed by atoms with Gasteiger partial charge in [0.15, 0.2) is 17.1 Å². The average molecular weight is 567 g/mol. The molecule has 0 aliphatic rings. The van der Waals surface area contributed by atoms with Gasteiger partial charge in [-0.05, 0) is 43.2 Å². The van der Waals surface area contributed by atoms with Crippen LogP contribution in [0.5, 0.6) is 0 Å². The number of benzene rings is 2. The Labute approximate surface area is 229 Å². The number of aromatic nitrogens is 3. The van der Waals surface area contributed by atoms with Crippen LogP contribution in [-0.4, -0.2) is 38.9 Å². The number of fused-ring (bicyclic) bond motifs is 2. The number of nitrogens with zero attached hydrogens (tertiary/aromatic N) is 3. The molecule has 1 amide bonds. The summed E-state index contributed by atoms with van der Waals surface area (Å²) in [5.41, 5.74) is -0.903. The second-order valence-electron chi connectivity index (χ2n) is 8.84. The number of halogens is 3. The Morgan fingerprint density at radius 3 is 2.52 bits per heavy atom. The Morgan fingerprint density at radius 2 is 1.82 bits per heavy atom. The van der Waals surface area contributed by atoms with E-state index in [0.29, 0.717) is 21.0 Å². The Bertz CT molecular complexity index is 1820. The number of Topliss-reactive ketones (excluding diaryl/α,β-unsaturated/α-hetero) is 1. The van der Waals surface area contributed by atoms with Crippen LogP contribution in [0.1, 0.15) is 55.5 Å². The van der Waals surface area contributed by atoms with Crippen LogP contribution in [0, 0.1) is 6.92 Å². The lowest BCUT2D eigenvalue weighted by atomic mass is 10.0. The molecule has 5 rings (SSSR count). The van der Waals surface area contributed by atoms with Crippen molar-refractivity contribution in [2.75, 3.05) is 11.9 Å². The fraction of sp³-hybridized carbons (Fsp3) is 0.179. The van der Waals surface area contributed by atoms with Crippen LogP contribution >= 0.6 is 11.3 Å². The normalized spacial score (nSPS) is 11.7. The van der Waals surface area contributed by atoms with Gasteiger partial charge < -0.3 is 10.1 Å². The molecule has 3 heterocycles. The highest BCUT2D eigenvalue weighted by Crippen LogP contribution is 2.37. The summed E-state index contributed by atoms with van der Waals surface area (Å²) in [5.74, 6) is -1.91. The smallest absolute Gasteiger partial charge is 0.433 e. The molecular formula is C28H21F3N4O4S. The van der Waals surface area contributed by atoms with E-state index in [2.05, 4.69) is 15.4 Å². The minimum Gasteiger partial charge on any atom is -0.462 e. The summed E-state index contributed by atoms with van der Waals surface area (Å²) < 4.78 is 48.1. The molecule has 5 aromatic rings. The summed E-state index contributed by atoms with van der Waals surface area (Å²) in [4.78, 5) is 42.8. The van der Waals surface area contributed by atoms with Gasteiger partial charge in [-0.3, -0.25) is 9.59 Å². The van der Waals surface area contributed by atoms with Gasteiger partial charge in [0.05, 0.1) is 28.9 Å². The molecule has 204 valence electrons. The van der Waals surface area contributed by atoms with Crippen molar-refractivity contribution in [1.82, 2.24) is 14.6 Å². The lowest BCUT2D eigenvalue weighted by Gasteiger charge is -2.13. The Morgan fingerprint density at radius 1 is 1.10 bits per heavy atom. The van der Waals surface area contributed by atoms with Gasteiger partial charge in [-0.2, -0.15) is 18.3 Å². The van der Waals surface area contributed by atoms with Crippen LogP contribution in [0.4, 0.5) is 18.2 Å². The zero-order valence-corrected chi connectivity index (χ0v) is 22.2. The summed E-state index contributed by atoms with van der Waals surface area (Å²) in [6.07, 6.45) is -3.82. The maximum Gasteiger partial charge on any atom is 0.433 e. The van der Waals surface area contributed by atoms with E-state index >= 15 is 0 Å². The summed E-state index contributed by atoms with van der Waals surface area (Å²) in [6.45, 7) is 4.55. The molecule has 0 saturated heterocycles. The molecular weight excluding hydrogens is 545 g/mol. The predicted molar refractivity (Wildman–Crippen MR) is 144 cm³/mol. The summed E-state index contributed by atoms with van der Waals surface area (Å²) in [6, 6.07) is 13.3. The number of anilines is 1. The van der Waals surface area contributed by atoms with E-state index < -0.39 is 23.7 Å². The third kappa shape index (κ3) is 4.70. The van der Waals surface area contributed by atoms with Crippen LogP contribution in [0.2, 0.25) is 0 Å². The van der Waals surface area contributed by atoms with Gasteiger partial charge in [-0.15, -0.1) is 11.3 Å². The number of rotatable bonds is 6. The minimum absolute atomic E-state index is 0.00209. The first-order valence-electron chi connectivity index (χ1n) is 12.1. The standard InChI is InChI=1S/C28H21F3N4O4S/c1-4-39-27(38)22-14(2)23(15(3)36)40-26(22)34-25(37)19-13-32-35-21(28(29,30)31)12-20(33-24(19)35)18-11-7-9-16-8-5-6-10-17(16)18/h5-13H,4H2,1-3H3,(H,34,37). The molecule has 0 spiro atoms. The topological polar surface area (TPSA) is 103 Å². The maximum absolute atomic E-state index is 14.2. The lowest BCUT2D eigenvalue weighted by molar-refractivity contribution is -0.142. The van der Waals surface area contributed by atoms with Crippen molar-refractivity contribution in [3.63, 3.8) is 0 Å². The van der Waals surface area contributed by atoms with Gasteiger partial charge in [0.1, 0.15) is 10.6 Å². The first kappa shape index (κ1) is 27.0. The zero-order chi connectivity index (χ0) is 28.8. The zero-order valence-electron chi connectivity index (χ0n) is 21.4. The fourth-order valence-electron chi connectivity index (χ4n) is 4.47. The van der Waals surface area contributed by atoms with E-state index in [0.717, 1.165) is 29.0 Å². The summed E-state index contributed by atoms with van der Waals surface area (Å²) >= 11 is 0.878. The van der Waals surface area contributed by atoms with Crippen LogP contribution in [0.25, 0.3) is 27.7 Å². The van der Waals surface area contributed by atoms with Gasteiger partial charge in [0.25, 0.3) is 5.91 Å². The number of ether oxygens (including phenoxy) is 1. The molecule has 2 aromatic carbocycles. The first-order chi connectivity index (χ1) is 19.0. The number of hydrogen-bond acceptors (Lipinski definition) is 7. The number of ketones is 1. The Balaban J connectivity index is 1.66. The monoisotopic (exact) mass is 566 g/mol. The SMILES string of the molecule is CCOC(=O)c1c(NC(=O)c2cnn3c(C(F)(F)F)cc(-c4cccc5ccccc45)nc23)sc(C(C)=O)c1C. The molecule has 0 unspecified atom stereocenters. The Hall–Kier alpha value is -4.58. The minimum atomic E-state index is -4.81. The van der Waals surface area contributed by atoms with E-state index in [1.165, 1.54) is 6.92 Å². The molecule has 0 aliphatic carbocycles. The maximum atomic E-state index is 14.2. The number of alkyl halides is 3. The summed E-state index contributed by atoms with van der Waals surface area (Å²) in [5, 5.41) is 7.90. The van der Waals surface area contributed by atoms with Crippen molar-refractivity contribution in [1.29, 1.82) is 0 Å². The predicted octanol–water partition coefficient (Wildman–Crippen LogP) is 6.57. The highest BCUT2D eigenvalue weighted by molar-refractivity contribution is 7.18. The number of amides is 1. The van der Waals surface area contributed by atoms with Gasteiger partial charge in [0, 0.05) is 5.56 Å². The second kappa shape index (κ2) is 10.2. The number of hydrogen-bond donors (Lipinski definition) is 1. The highest BCUT2D eigenvalue weighted by atomic mass is 32.1. The van der Waals surface area contributed by atoms with Gasteiger partial charge in [0.2, 0.25) is 0 Å². The lowest BCUT2D eigenvalue weighted by Crippen LogP contribution is -2.17. The van der Waals surface area contributed by atoms with Crippen molar-refractivity contribution in [2.24, 2.45) is 0 Å². The molecule has 0 radical (unpaired) electrons. The molecule has 8 nitrogen and oxygen atoms in total. The third-order valence-corrected chi connectivity index (χ3v) is 7.55. The van der Waals surface area contributed by atoms with Gasteiger partial charge in [-0.25, -0.2) is 14.3 Å². The molecule has 0 atom stereocenters. The first-order valence-corrected chi connectivity index (χ1v) is 12.9. The molecule has 0 fully saturated rings. The second-order valence-corrected chi connectivity index (χ2v) is 9.86. The van der Waals surface area contributed by atoms with Gasteiger partial charge in [-0.1, -0.05) is 42.5 Å². The summed E-state index contributed by atoms with van der Waals surface area (Å²) in [7, 11) is 0. The Kier molecular flexibility index (Phi) is 6.88. The number of carbonyl (C=O) groups is 3. The van der Waals surface area contributed by atoms with Crippen molar-refractivity contribution in [3.8, 4) is 11.3 Å². The van der Waals surface area contributed by atoms with Crippen molar-refractivity contribution in [2.45, 2.75) is 26.9 Å². The van der Waals surface area contributed by atoms with E-state index in [1.54, 1.807) is 38.1 Å². The molecule has 0 saturated carbocycles. The fourth-order valence-corrected chi connectivity index (χ4v) is 5.55. The quantitative estimate of drug-likeness (QED) is 0.184. The third-order valence-electron chi connectivity index (χ3n) is 6.25. The highest BCUT2D eigenvalue weighted by Gasteiger charge is 2.36. The van der Waals surface area contributed by atoms with Crippen molar-refractivity contribution < 1.29 is 32.3 Å². The molecule has 0 bridgehead atoms. The van der Waals surface area contributed by atoms with Crippen LogP contribution in [-0.2, 0) is 10.9 Å². The van der Waals surface area contributed by atoms with E-state index in [-0.39, 0.29) is 44.7 Å². The van der Waals surface area contributed by atoms with Gasteiger partial charge >= 0.3 is 12.1 Å².